The van der Waals surface area contributed by atoms with Gasteiger partial charge in [-0.2, -0.15) is 0 Å². The average molecular weight is 433 g/mol. The molecule has 3 fully saturated rings. The molecule has 0 spiro atoms. The van der Waals surface area contributed by atoms with Gasteiger partial charge in [0.1, 0.15) is 0 Å². The van der Waals surface area contributed by atoms with Gasteiger partial charge in [-0.3, -0.25) is 0 Å². The van der Waals surface area contributed by atoms with Crippen LogP contribution in [0, 0.1) is 23.2 Å². The second kappa shape index (κ2) is 9.51. The highest BCUT2D eigenvalue weighted by atomic mass is 16.3. The Morgan fingerprint density at radius 1 is 1.23 bits per heavy atom. The van der Waals surface area contributed by atoms with E-state index in [0.29, 0.717) is 31.1 Å². The molecule has 0 amide bonds. The smallest absolute Gasteiger partial charge is 0.0811 e. The Bertz CT molecular complexity index is 719. The third-order valence-electron chi connectivity index (χ3n) is 8.37. The summed E-state index contributed by atoms with van der Waals surface area (Å²) in [5, 5.41) is 42.1. The van der Waals surface area contributed by atoms with E-state index < -0.39 is 23.9 Å². The molecule has 4 nitrogen and oxygen atoms in total. The second-order valence-corrected chi connectivity index (χ2v) is 11.5. The van der Waals surface area contributed by atoms with E-state index >= 15 is 0 Å². The fourth-order valence-electron chi connectivity index (χ4n) is 6.97. The maximum atomic E-state index is 11.5. The van der Waals surface area contributed by atoms with Crippen LogP contribution in [-0.2, 0) is 0 Å². The van der Waals surface area contributed by atoms with Crippen LogP contribution in [0.25, 0.3) is 0 Å². The minimum Gasteiger partial charge on any atom is -0.393 e. The Hall–Kier alpha value is -0.940. The highest BCUT2D eigenvalue weighted by molar-refractivity contribution is 5.38. The lowest BCUT2D eigenvalue weighted by Gasteiger charge is -2.47. The molecule has 0 aromatic rings. The lowest BCUT2D eigenvalue weighted by Crippen LogP contribution is -2.47. The number of aliphatic hydroxyl groups excluding tert-OH is 3. The maximum absolute atomic E-state index is 11.5. The van der Waals surface area contributed by atoms with Gasteiger partial charge in [-0.15, -0.1) is 0 Å². The first-order valence-electron chi connectivity index (χ1n) is 12.3. The summed E-state index contributed by atoms with van der Waals surface area (Å²) in [7, 11) is 0. The normalized spacial score (nSPS) is 39.7. The Morgan fingerprint density at radius 2 is 1.94 bits per heavy atom. The SMILES string of the molecule is C=C1/C(=C\C=C2/CCC[C@@]3(C)[C@H]2CC[C@@H]3[C@](C)(O)CC(O)CC(C)C)C[C@H](O)C[C@H]1O. The summed E-state index contributed by atoms with van der Waals surface area (Å²) < 4.78 is 0. The van der Waals surface area contributed by atoms with Crippen LogP contribution < -0.4 is 0 Å². The first-order chi connectivity index (χ1) is 14.4. The molecule has 7 atom stereocenters. The number of fused-ring (bicyclic) bond motifs is 1. The Labute approximate surface area is 188 Å². The minimum atomic E-state index is -0.870. The quantitative estimate of drug-likeness (QED) is 0.491. The van der Waals surface area contributed by atoms with E-state index in [-0.39, 0.29) is 11.3 Å². The van der Waals surface area contributed by atoms with Crippen molar-refractivity contribution in [2.45, 2.75) is 109 Å². The molecular formula is C27H44O4. The molecule has 4 heteroatoms. The third kappa shape index (κ3) is 5.35. The molecular weight excluding hydrogens is 388 g/mol. The molecule has 4 N–H and O–H groups in total. The van der Waals surface area contributed by atoms with Gasteiger partial charge < -0.3 is 20.4 Å². The molecule has 176 valence electrons. The van der Waals surface area contributed by atoms with Crippen molar-refractivity contribution in [3.05, 3.63) is 35.5 Å². The molecule has 0 aliphatic heterocycles. The predicted octanol–water partition coefficient (Wildman–Crippen LogP) is 4.68. The summed E-state index contributed by atoms with van der Waals surface area (Å²) in [4.78, 5) is 0. The molecule has 3 aliphatic rings. The first kappa shape index (κ1) is 24.7. The van der Waals surface area contributed by atoms with E-state index in [1.807, 2.05) is 6.92 Å². The van der Waals surface area contributed by atoms with E-state index in [1.54, 1.807) is 0 Å². The van der Waals surface area contributed by atoms with Crippen LogP contribution in [-0.4, -0.2) is 44.3 Å². The fourth-order valence-corrected chi connectivity index (χ4v) is 6.97. The monoisotopic (exact) mass is 432 g/mol. The summed E-state index contributed by atoms with van der Waals surface area (Å²) in [6.07, 6.45) is 10.1. The Balaban J connectivity index is 1.78. The van der Waals surface area contributed by atoms with Gasteiger partial charge in [-0.1, -0.05) is 45.1 Å². The molecule has 3 aliphatic carbocycles. The van der Waals surface area contributed by atoms with Crippen LogP contribution in [0.3, 0.4) is 0 Å². The molecule has 1 unspecified atom stereocenters. The van der Waals surface area contributed by atoms with Crippen molar-refractivity contribution in [2.75, 3.05) is 0 Å². The molecule has 0 heterocycles. The standard InChI is InChI=1S/C27H44O4/c1-17(2)13-22(29)16-27(5,31)25-11-10-23-19(7-6-12-26(23,25)4)8-9-20-14-21(28)15-24(30)18(20)3/h8-9,17,21-25,28-31H,3,6-7,10-16H2,1-2,4-5H3/b19-8+,20-9-/t21-,22?,23-,24+,25-,26-,27+/m0/s1. The summed E-state index contributed by atoms with van der Waals surface area (Å²) in [5.41, 5.74) is 2.26. The van der Waals surface area contributed by atoms with Crippen molar-refractivity contribution < 1.29 is 20.4 Å². The molecule has 3 saturated carbocycles. The molecule has 0 aromatic heterocycles. The number of hydrogen-bond acceptors (Lipinski definition) is 4. The highest BCUT2D eigenvalue weighted by Crippen LogP contribution is 2.60. The van der Waals surface area contributed by atoms with Gasteiger partial charge in [0.05, 0.1) is 23.9 Å². The largest absolute Gasteiger partial charge is 0.393 e. The zero-order chi connectivity index (χ0) is 23.0. The third-order valence-corrected chi connectivity index (χ3v) is 8.37. The maximum Gasteiger partial charge on any atom is 0.0811 e. The lowest BCUT2D eigenvalue weighted by atomic mass is 9.59. The number of hydrogen-bond donors (Lipinski definition) is 4. The fraction of sp³-hybridized carbons (Fsp3) is 0.778. The summed E-state index contributed by atoms with van der Waals surface area (Å²) in [5.74, 6) is 1.03. The van der Waals surface area contributed by atoms with Crippen LogP contribution in [0.4, 0.5) is 0 Å². The van der Waals surface area contributed by atoms with Crippen LogP contribution in [0.2, 0.25) is 0 Å². The molecule has 0 bridgehead atoms. The second-order valence-electron chi connectivity index (χ2n) is 11.5. The molecule has 3 rings (SSSR count). The van der Waals surface area contributed by atoms with E-state index in [9.17, 15) is 20.4 Å². The Kier molecular flexibility index (Phi) is 7.57. The first-order valence-corrected chi connectivity index (χ1v) is 12.3. The van der Waals surface area contributed by atoms with Gasteiger partial charge >= 0.3 is 0 Å². The Morgan fingerprint density at radius 3 is 2.61 bits per heavy atom. The van der Waals surface area contributed by atoms with Crippen LogP contribution in [0.15, 0.2) is 35.5 Å². The zero-order valence-electron chi connectivity index (χ0n) is 20.0. The van der Waals surface area contributed by atoms with Crippen molar-refractivity contribution >= 4 is 0 Å². The number of aliphatic hydroxyl groups is 4. The molecule has 31 heavy (non-hydrogen) atoms. The van der Waals surface area contributed by atoms with E-state index in [1.165, 1.54) is 5.57 Å². The number of allylic oxidation sites excluding steroid dienone is 3. The van der Waals surface area contributed by atoms with Gasteiger partial charge in [0.15, 0.2) is 0 Å². The summed E-state index contributed by atoms with van der Waals surface area (Å²) in [6, 6.07) is 0. The van der Waals surface area contributed by atoms with Crippen molar-refractivity contribution in [1.82, 2.24) is 0 Å². The van der Waals surface area contributed by atoms with E-state index in [0.717, 1.165) is 49.7 Å². The molecule has 0 saturated heterocycles. The minimum absolute atomic E-state index is 0.0340. The van der Waals surface area contributed by atoms with Gasteiger partial charge in [0, 0.05) is 12.8 Å². The lowest BCUT2D eigenvalue weighted by molar-refractivity contribution is -0.0867. The van der Waals surface area contributed by atoms with Crippen molar-refractivity contribution in [2.24, 2.45) is 23.2 Å². The summed E-state index contributed by atoms with van der Waals surface area (Å²) in [6.45, 7) is 12.5. The van der Waals surface area contributed by atoms with Crippen molar-refractivity contribution in [3.8, 4) is 0 Å². The van der Waals surface area contributed by atoms with Crippen LogP contribution >= 0.6 is 0 Å². The van der Waals surface area contributed by atoms with Crippen molar-refractivity contribution in [1.29, 1.82) is 0 Å². The average Bonchev–Trinajstić information content (AvgIpc) is 3.00. The van der Waals surface area contributed by atoms with Gasteiger partial charge in [0.2, 0.25) is 0 Å². The van der Waals surface area contributed by atoms with Gasteiger partial charge in [-0.05, 0) is 86.2 Å². The van der Waals surface area contributed by atoms with E-state index in [2.05, 4.69) is 39.5 Å². The van der Waals surface area contributed by atoms with E-state index in [4.69, 9.17) is 0 Å². The zero-order valence-corrected chi connectivity index (χ0v) is 20.0. The molecule has 0 aromatic carbocycles. The highest BCUT2D eigenvalue weighted by Gasteiger charge is 2.55. The number of rotatable bonds is 6. The van der Waals surface area contributed by atoms with Gasteiger partial charge in [0.25, 0.3) is 0 Å². The summed E-state index contributed by atoms with van der Waals surface area (Å²) >= 11 is 0. The van der Waals surface area contributed by atoms with Crippen LogP contribution in [0.5, 0.6) is 0 Å². The topological polar surface area (TPSA) is 80.9 Å². The van der Waals surface area contributed by atoms with Gasteiger partial charge in [-0.25, -0.2) is 0 Å². The predicted molar refractivity (Wildman–Crippen MR) is 125 cm³/mol. The van der Waals surface area contributed by atoms with Crippen LogP contribution in [0.1, 0.15) is 85.5 Å². The molecule has 0 radical (unpaired) electrons. The van der Waals surface area contributed by atoms with Crippen molar-refractivity contribution in [3.63, 3.8) is 0 Å².